The summed E-state index contributed by atoms with van der Waals surface area (Å²) in [5.74, 6) is -0.828. The fourth-order valence-electron chi connectivity index (χ4n) is 4.19. The monoisotopic (exact) mass is 497 g/mol. The van der Waals surface area contributed by atoms with Gasteiger partial charge in [-0.3, -0.25) is 19.1 Å². The number of hydrogen-bond acceptors (Lipinski definition) is 7. The number of thiophene rings is 1. The van der Waals surface area contributed by atoms with Gasteiger partial charge in [-0.05, 0) is 65.5 Å². The van der Waals surface area contributed by atoms with Gasteiger partial charge in [-0.15, -0.1) is 0 Å². The molecule has 0 fully saturated rings. The lowest BCUT2D eigenvalue weighted by Gasteiger charge is -2.09. The zero-order valence-electron chi connectivity index (χ0n) is 18.2. The minimum atomic E-state index is -3.88. The van der Waals surface area contributed by atoms with Crippen LogP contribution in [-0.2, 0) is 34.1 Å². The Morgan fingerprint density at radius 1 is 1.12 bits per heavy atom. The first-order valence-electron chi connectivity index (χ1n) is 10.5. The van der Waals surface area contributed by atoms with E-state index < -0.39 is 26.5 Å². The second-order valence-electron chi connectivity index (χ2n) is 8.43. The van der Waals surface area contributed by atoms with Crippen LogP contribution in [-0.4, -0.2) is 41.5 Å². The van der Waals surface area contributed by atoms with Crippen LogP contribution in [0.1, 0.15) is 16.7 Å². The molecule has 5 rings (SSSR count). The van der Waals surface area contributed by atoms with E-state index in [1.807, 2.05) is 19.2 Å². The molecule has 4 aromatic rings. The largest absolute Gasteiger partial charge is 0.298 e. The van der Waals surface area contributed by atoms with E-state index in [2.05, 4.69) is 16.0 Å². The number of benzene rings is 1. The van der Waals surface area contributed by atoms with Crippen molar-refractivity contribution in [3.05, 3.63) is 87.0 Å². The summed E-state index contributed by atoms with van der Waals surface area (Å²) in [4.78, 5) is 32.0. The van der Waals surface area contributed by atoms with Crippen LogP contribution < -0.4 is 5.56 Å². The normalized spacial score (nSPS) is 13.9. The minimum Gasteiger partial charge on any atom is -0.298 e. The fraction of sp³-hybridized carbons (Fsp3) is 0.208. The summed E-state index contributed by atoms with van der Waals surface area (Å²) in [7, 11) is -1.85. The van der Waals surface area contributed by atoms with Gasteiger partial charge in [0, 0.05) is 37.3 Å². The van der Waals surface area contributed by atoms with Crippen molar-refractivity contribution in [2.24, 2.45) is 0 Å². The van der Waals surface area contributed by atoms with Crippen LogP contribution in [0, 0.1) is 5.13 Å². The molecule has 34 heavy (non-hydrogen) atoms. The Morgan fingerprint density at radius 2 is 1.88 bits per heavy atom. The number of carbonyl (C=O) groups excluding carboxylic acids is 1. The molecule has 0 amide bonds. The molecule has 1 aliphatic heterocycles. The second-order valence-corrected chi connectivity index (χ2v) is 11.7. The van der Waals surface area contributed by atoms with Gasteiger partial charge in [-0.1, -0.05) is 17.4 Å². The van der Waals surface area contributed by atoms with E-state index in [-0.39, 0.29) is 16.2 Å². The third-order valence-corrected chi connectivity index (χ3v) is 8.90. The van der Waals surface area contributed by atoms with Gasteiger partial charge in [0.15, 0.2) is 20.8 Å². The molecule has 0 saturated heterocycles. The molecule has 0 atom stereocenters. The Bertz CT molecular complexity index is 1590. The lowest BCUT2D eigenvalue weighted by Crippen LogP contribution is -2.19. The van der Waals surface area contributed by atoms with Crippen LogP contribution in [0.3, 0.4) is 0 Å². The van der Waals surface area contributed by atoms with E-state index in [1.54, 1.807) is 18.3 Å². The van der Waals surface area contributed by atoms with Crippen molar-refractivity contribution >= 4 is 37.7 Å². The van der Waals surface area contributed by atoms with E-state index in [9.17, 15) is 22.4 Å². The molecule has 0 bridgehead atoms. The maximum atomic E-state index is 13.1. The molecule has 0 N–H and O–H groups in total. The van der Waals surface area contributed by atoms with Crippen LogP contribution in [0.15, 0.2) is 63.9 Å². The lowest BCUT2D eigenvalue weighted by molar-refractivity contribution is -0.116. The third kappa shape index (κ3) is 4.31. The molecule has 4 heterocycles. The number of Topliss-reactive ketones (excluding diaryl/α,β-unsaturated/α-hetero) is 1. The second kappa shape index (κ2) is 8.53. The number of aromatic nitrogens is 2. The van der Waals surface area contributed by atoms with Gasteiger partial charge in [0.1, 0.15) is 15.8 Å². The van der Waals surface area contributed by atoms with E-state index in [1.165, 1.54) is 16.3 Å². The van der Waals surface area contributed by atoms with Crippen molar-refractivity contribution in [3.8, 4) is 5.82 Å². The van der Waals surface area contributed by atoms with Crippen molar-refractivity contribution in [1.29, 1.82) is 0 Å². The summed E-state index contributed by atoms with van der Waals surface area (Å²) in [5, 5.41) is 0.878. The van der Waals surface area contributed by atoms with Gasteiger partial charge in [-0.25, -0.2) is 13.4 Å². The maximum Gasteiger partial charge on any atom is 0.264 e. The van der Waals surface area contributed by atoms with Gasteiger partial charge in [0.05, 0.1) is 0 Å². The summed E-state index contributed by atoms with van der Waals surface area (Å²) in [6.45, 7) is 1.67. The van der Waals surface area contributed by atoms with Crippen LogP contribution in [0.4, 0.5) is 4.39 Å². The summed E-state index contributed by atoms with van der Waals surface area (Å²) >= 11 is 0.497. The SMILES string of the molecule is CN1Cc2cc3ccn(-c4ccc(CC(=O)CS(=O)(=O)c5ccc(F)s5)cn4)c(=O)c3cc2C1. The summed E-state index contributed by atoms with van der Waals surface area (Å²) in [6.07, 6.45) is 3.00. The van der Waals surface area contributed by atoms with Crippen molar-refractivity contribution in [1.82, 2.24) is 14.5 Å². The van der Waals surface area contributed by atoms with Crippen LogP contribution in [0.25, 0.3) is 16.6 Å². The molecule has 0 unspecified atom stereocenters. The molecule has 3 aromatic heterocycles. The summed E-state index contributed by atoms with van der Waals surface area (Å²) in [5.41, 5.74) is 2.72. The summed E-state index contributed by atoms with van der Waals surface area (Å²) in [6, 6.07) is 11.4. The molecular weight excluding hydrogens is 477 g/mol. The third-order valence-electron chi connectivity index (χ3n) is 5.77. The molecule has 1 aliphatic rings. The smallest absolute Gasteiger partial charge is 0.264 e. The van der Waals surface area contributed by atoms with Crippen molar-refractivity contribution in [2.45, 2.75) is 23.7 Å². The molecule has 0 saturated carbocycles. The highest BCUT2D eigenvalue weighted by Crippen LogP contribution is 2.26. The highest BCUT2D eigenvalue weighted by molar-refractivity contribution is 7.94. The number of hydrogen-bond donors (Lipinski definition) is 0. The molecule has 174 valence electrons. The molecular formula is C24H20FN3O4S2. The highest BCUT2D eigenvalue weighted by atomic mass is 32.2. The zero-order chi connectivity index (χ0) is 24.0. The zero-order valence-corrected chi connectivity index (χ0v) is 19.8. The number of rotatable bonds is 6. The Hall–Kier alpha value is -3.21. The van der Waals surface area contributed by atoms with Gasteiger partial charge in [0.25, 0.3) is 5.56 Å². The average molecular weight is 498 g/mol. The fourth-order valence-corrected chi connectivity index (χ4v) is 6.52. The average Bonchev–Trinajstić information content (AvgIpc) is 3.38. The van der Waals surface area contributed by atoms with Gasteiger partial charge in [0.2, 0.25) is 0 Å². The summed E-state index contributed by atoms with van der Waals surface area (Å²) < 4.78 is 39.0. The number of sulfone groups is 1. The number of ketones is 1. The first kappa shape index (κ1) is 22.6. The highest BCUT2D eigenvalue weighted by Gasteiger charge is 2.22. The number of fused-ring (bicyclic) bond motifs is 2. The van der Waals surface area contributed by atoms with E-state index in [4.69, 9.17) is 0 Å². The van der Waals surface area contributed by atoms with Crippen molar-refractivity contribution in [3.63, 3.8) is 0 Å². The predicted octanol–water partition coefficient (Wildman–Crippen LogP) is 3.12. The van der Waals surface area contributed by atoms with Crippen LogP contribution in [0.5, 0.6) is 0 Å². The number of carbonyl (C=O) groups is 1. The molecule has 0 radical (unpaired) electrons. The Balaban J connectivity index is 1.35. The predicted molar refractivity (Wildman–Crippen MR) is 128 cm³/mol. The molecule has 0 spiro atoms. The van der Waals surface area contributed by atoms with Gasteiger partial charge < -0.3 is 0 Å². The molecule has 1 aromatic carbocycles. The Kier molecular flexibility index (Phi) is 5.67. The Morgan fingerprint density at radius 3 is 2.56 bits per heavy atom. The van der Waals surface area contributed by atoms with Crippen LogP contribution >= 0.6 is 11.3 Å². The quantitative estimate of drug-likeness (QED) is 0.407. The number of halogens is 1. The van der Waals surface area contributed by atoms with Crippen LogP contribution in [0.2, 0.25) is 0 Å². The first-order chi connectivity index (χ1) is 16.2. The van der Waals surface area contributed by atoms with Crippen molar-refractivity contribution in [2.75, 3.05) is 12.8 Å². The number of pyridine rings is 2. The van der Waals surface area contributed by atoms with Crippen molar-refractivity contribution < 1.29 is 17.6 Å². The van der Waals surface area contributed by atoms with E-state index >= 15 is 0 Å². The lowest BCUT2D eigenvalue weighted by atomic mass is 10.0. The minimum absolute atomic E-state index is 0.132. The van der Waals surface area contributed by atoms with Gasteiger partial charge >= 0.3 is 0 Å². The van der Waals surface area contributed by atoms with Gasteiger partial charge in [-0.2, -0.15) is 4.39 Å². The standard InChI is InChI=1S/C24H20FN3O4S2/c1-27-12-17-9-16-6-7-28(24(30)20(16)10-18(17)13-27)22-4-2-15(11-26-22)8-19(29)14-34(31,32)23-5-3-21(25)33-23/h2-7,9-11H,8,12-14H2,1H3. The van der Waals surface area contributed by atoms with E-state index in [0.29, 0.717) is 28.1 Å². The first-order valence-corrected chi connectivity index (χ1v) is 13.0. The molecule has 0 aliphatic carbocycles. The molecule has 10 heteroatoms. The number of nitrogens with zero attached hydrogens (tertiary/aromatic N) is 3. The Labute approximate surface area is 199 Å². The maximum absolute atomic E-state index is 13.1. The van der Waals surface area contributed by atoms with E-state index in [0.717, 1.165) is 36.2 Å². The molecule has 7 nitrogen and oxygen atoms in total. The topological polar surface area (TPSA) is 89.3 Å².